The van der Waals surface area contributed by atoms with E-state index in [1.54, 1.807) is 18.2 Å². The molecule has 1 aliphatic carbocycles. The van der Waals surface area contributed by atoms with E-state index >= 15 is 0 Å². The molecule has 1 saturated heterocycles. The van der Waals surface area contributed by atoms with E-state index in [0.29, 0.717) is 25.8 Å². The first-order valence-corrected chi connectivity index (χ1v) is 7.07. The summed E-state index contributed by atoms with van der Waals surface area (Å²) in [6.07, 6.45) is 2.10. The van der Waals surface area contributed by atoms with Crippen LogP contribution in [0.3, 0.4) is 0 Å². The summed E-state index contributed by atoms with van der Waals surface area (Å²) in [7, 11) is 0. The van der Waals surface area contributed by atoms with Gasteiger partial charge in [0.2, 0.25) is 5.91 Å². The first kappa shape index (κ1) is 13.4. The minimum atomic E-state index is -0.229. The molecular formula is C15H20N2O3. The Bertz CT molecular complexity index is 502. The predicted octanol–water partition coefficient (Wildman–Crippen LogP) is 0.857. The van der Waals surface area contributed by atoms with Crippen molar-refractivity contribution in [1.29, 1.82) is 0 Å². The van der Waals surface area contributed by atoms with E-state index in [-0.39, 0.29) is 23.6 Å². The molecule has 5 nitrogen and oxygen atoms in total. The van der Waals surface area contributed by atoms with Crippen molar-refractivity contribution in [3.05, 3.63) is 29.8 Å². The smallest absolute Gasteiger partial charge is 0.230 e. The fourth-order valence-electron chi connectivity index (χ4n) is 2.66. The molecule has 0 bridgehead atoms. The van der Waals surface area contributed by atoms with Gasteiger partial charge in [0.05, 0.1) is 19.1 Å². The van der Waals surface area contributed by atoms with E-state index in [0.717, 1.165) is 18.4 Å². The summed E-state index contributed by atoms with van der Waals surface area (Å²) in [4.78, 5) is 14.5. The Labute approximate surface area is 118 Å². The summed E-state index contributed by atoms with van der Waals surface area (Å²) in [5.41, 5.74) is 6.89. The lowest BCUT2D eigenvalue weighted by Gasteiger charge is -2.26. The minimum Gasteiger partial charge on any atom is -0.508 e. The largest absolute Gasteiger partial charge is 0.508 e. The maximum atomic E-state index is 12.6. The lowest BCUT2D eigenvalue weighted by atomic mass is 10.0. The van der Waals surface area contributed by atoms with Crippen molar-refractivity contribution < 1.29 is 14.6 Å². The molecule has 108 valence electrons. The summed E-state index contributed by atoms with van der Waals surface area (Å²) in [6, 6.07) is 7.17. The van der Waals surface area contributed by atoms with Crippen LogP contribution in [0, 0.1) is 5.92 Å². The number of carbonyl (C=O) groups is 1. The van der Waals surface area contributed by atoms with Crippen LogP contribution in [0.2, 0.25) is 0 Å². The second kappa shape index (κ2) is 5.42. The van der Waals surface area contributed by atoms with Crippen LogP contribution in [0.25, 0.3) is 0 Å². The molecule has 1 aliphatic heterocycles. The van der Waals surface area contributed by atoms with Gasteiger partial charge >= 0.3 is 0 Å². The zero-order valence-electron chi connectivity index (χ0n) is 11.4. The van der Waals surface area contributed by atoms with Gasteiger partial charge in [0.15, 0.2) is 0 Å². The molecule has 0 spiro atoms. The average molecular weight is 276 g/mol. The molecule has 0 radical (unpaired) electrons. The number of nitrogens with two attached hydrogens (primary N) is 1. The molecule has 1 amide bonds. The summed E-state index contributed by atoms with van der Waals surface area (Å²) in [5, 5.41) is 9.53. The average Bonchev–Trinajstić information content (AvgIpc) is 3.17. The highest BCUT2D eigenvalue weighted by Gasteiger charge is 2.40. The maximum absolute atomic E-state index is 12.6. The summed E-state index contributed by atoms with van der Waals surface area (Å²) >= 11 is 0. The third-order valence-corrected chi connectivity index (χ3v) is 3.98. The van der Waals surface area contributed by atoms with Gasteiger partial charge in [-0.15, -0.1) is 0 Å². The summed E-state index contributed by atoms with van der Waals surface area (Å²) < 4.78 is 5.30. The number of aromatic hydroxyl groups is 1. The van der Waals surface area contributed by atoms with Gasteiger partial charge in [-0.3, -0.25) is 4.79 Å². The van der Waals surface area contributed by atoms with Crippen molar-refractivity contribution in [2.45, 2.75) is 31.5 Å². The number of benzene rings is 1. The first-order chi connectivity index (χ1) is 9.65. The lowest BCUT2D eigenvalue weighted by Crippen LogP contribution is -2.44. The molecule has 2 aliphatic rings. The number of nitrogens with zero attached hydrogens (tertiary/aromatic N) is 1. The van der Waals surface area contributed by atoms with E-state index in [4.69, 9.17) is 10.5 Å². The molecule has 1 saturated carbocycles. The number of phenols is 1. The molecular weight excluding hydrogens is 256 g/mol. The number of carbonyl (C=O) groups excluding carboxylic acids is 1. The van der Waals surface area contributed by atoms with Gasteiger partial charge in [0.25, 0.3) is 0 Å². The Hall–Kier alpha value is -1.59. The number of hydrogen-bond acceptors (Lipinski definition) is 4. The second-order valence-electron chi connectivity index (χ2n) is 5.68. The van der Waals surface area contributed by atoms with Gasteiger partial charge in [-0.25, -0.2) is 0 Å². The molecule has 5 heteroatoms. The minimum absolute atomic E-state index is 0.0841. The SMILES string of the molecule is NC1COCC1C(=O)N(Cc1cccc(O)c1)C1CC1. The number of ether oxygens (including phenoxy) is 1. The highest BCUT2D eigenvalue weighted by molar-refractivity contribution is 5.80. The Morgan fingerprint density at radius 1 is 1.40 bits per heavy atom. The molecule has 2 fully saturated rings. The molecule has 0 aromatic heterocycles. The van der Waals surface area contributed by atoms with Crippen molar-refractivity contribution >= 4 is 5.91 Å². The van der Waals surface area contributed by atoms with Gasteiger partial charge in [-0.2, -0.15) is 0 Å². The fourth-order valence-corrected chi connectivity index (χ4v) is 2.66. The predicted molar refractivity (Wildman–Crippen MR) is 74.0 cm³/mol. The zero-order valence-corrected chi connectivity index (χ0v) is 11.4. The molecule has 1 aromatic rings. The van der Waals surface area contributed by atoms with Gasteiger partial charge in [0.1, 0.15) is 5.75 Å². The van der Waals surface area contributed by atoms with Crippen molar-refractivity contribution in [3.63, 3.8) is 0 Å². The summed E-state index contributed by atoms with van der Waals surface area (Å²) in [5.74, 6) is 0.0837. The van der Waals surface area contributed by atoms with Gasteiger partial charge < -0.3 is 20.5 Å². The summed E-state index contributed by atoms with van der Waals surface area (Å²) in [6.45, 7) is 1.41. The Morgan fingerprint density at radius 3 is 2.80 bits per heavy atom. The highest BCUT2D eigenvalue weighted by atomic mass is 16.5. The van der Waals surface area contributed by atoms with Crippen LogP contribution in [0.1, 0.15) is 18.4 Å². The van der Waals surface area contributed by atoms with Crippen LogP contribution in [0.4, 0.5) is 0 Å². The quantitative estimate of drug-likeness (QED) is 0.855. The highest BCUT2D eigenvalue weighted by Crippen LogP contribution is 2.31. The van der Waals surface area contributed by atoms with Crippen molar-refractivity contribution in [1.82, 2.24) is 4.90 Å². The third kappa shape index (κ3) is 2.78. The normalized spacial score (nSPS) is 25.6. The number of hydrogen-bond donors (Lipinski definition) is 2. The monoisotopic (exact) mass is 276 g/mol. The molecule has 2 atom stereocenters. The molecule has 1 aromatic carbocycles. The molecule has 2 unspecified atom stereocenters. The third-order valence-electron chi connectivity index (χ3n) is 3.98. The van der Waals surface area contributed by atoms with Crippen LogP contribution in [-0.4, -0.2) is 41.2 Å². The van der Waals surface area contributed by atoms with Crippen molar-refractivity contribution in [2.24, 2.45) is 11.7 Å². The fraction of sp³-hybridized carbons (Fsp3) is 0.533. The number of amides is 1. The van der Waals surface area contributed by atoms with Crippen LogP contribution in [0.5, 0.6) is 5.75 Å². The van der Waals surface area contributed by atoms with Crippen LogP contribution in [0.15, 0.2) is 24.3 Å². The van der Waals surface area contributed by atoms with Crippen LogP contribution < -0.4 is 5.73 Å². The van der Waals surface area contributed by atoms with Gasteiger partial charge in [-0.1, -0.05) is 12.1 Å². The van der Waals surface area contributed by atoms with Crippen LogP contribution in [-0.2, 0) is 16.1 Å². The number of phenolic OH excluding ortho intramolecular Hbond substituents is 1. The molecule has 20 heavy (non-hydrogen) atoms. The van der Waals surface area contributed by atoms with Gasteiger partial charge in [0, 0.05) is 18.6 Å². The Morgan fingerprint density at radius 2 is 2.20 bits per heavy atom. The lowest BCUT2D eigenvalue weighted by molar-refractivity contribution is -0.137. The van der Waals surface area contributed by atoms with Crippen molar-refractivity contribution in [3.8, 4) is 5.75 Å². The zero-order chi connectivity index (χ0) is 14.1. The van der Waals surface area contributed by atoms with Crippen LogP contribution >= 0.6 is 0 Å². The van der Waals surface area contributed by atoms with Gasteiger partial charge in [-0.05, 0) is 30.5 Å². The Balaban J connectivity index is 1.74. The van der Waals surface area contributed by atoms with E-state index < -0.39 is 0 Å². The standard InChI is InChI=1S/C15H20N2O3/c16-14-9-20-8-13(14)15(19)17(11-4-5-11)7-10-2-1-3-12(18)6-10/h1-3,6,11,13-14,18H,4-5,7-9,16H2. The maximum Gasteiger partial charge on any atom is 0.230 e. The van der Waals surface area contributed by atoms with E-state index in [2.05, 4.69) is 0 Å². The van der Waals surface area contributed by atoms with E-state index in [9.17, 15) is 9.90 Å². The Kier molecular flexibility index (Phi) is 3.63. The molecule has 3 rings (SSSR count). The van der Waals surface area contributed by atoms with E-state index in [1.165, 1.54) is 0 Å². The number of rotatable bonds is 4. The molecule has 3 N–H and O–H groups in total. The topological polar surface area (TPSA) is 75.8 Å². The van der Waals surface area contributed by atoms with Crippen molar-refractivity contribution in [2.75, 3.05) is 13.2 Å². The second-order valence-corrected chi connectivity index (χ2v) is 5.68. The molecule has 1 heterocycles. The van der Waals surface area contributed by atoms with E-state index in [1.807, 2.05) is 11.0 Å². The first-order valence-electron chi connectivity index (χ1n) is 7.07.